The Balaban J connectivity index is 1.33. The summed E-state index contributed by atoms with van der Waals surface area (Å²) in [6.45, 7) is 19.7. The molecule has 0 unspecified atom stereocenters. The van der Waals surface area contributed by atoms with Gasteiger partial charge in [0.1, 0.15) is 0 Å². The largest absolute Gasteiger partial charge is 0.354 e. The zero-order valence-electron chi connectivity index (χ0n) is 34.4. The van der Waals surface area contributed by atoms with Gasteiger partial charge >= 0.3 is 0 Å². The fraction of sp³-hybridized carbons (Fsp3) is 0.212. The molecule has 1 N–H and O–H groups in total. The molecule has 0 atom stereocenters. The van der Waals surface area contributed by atoms with E-state index in [1.54, 1.807) is 0 Å². The summed E-state index contributed by atoms with van der Waals surface area (Å²) in [5.74, 6) is 1.21. The Labute approximate surface area is 329 Å². The Morgan fingerprint density at radius 2 is 0.800 bits per heavy atom. The van der Waals surface area contributed by atoms with Gasteiger partial charge in [-0.15, -0.1) is 0 Å². The molecule has 0 amide bonds. The number of rotatable bonds is 9. The van der Waals surface area contributed by atoms with Crippen molar-refractivity contribution in [2.45, 2.75) is 62.3 Å². The van der Waals surface area contributed by atoms with Crippen LogP contribution in [0, 0.1) is 68.2 Å². The van der Waals surface area contributed by atoms with Crippen LogP contribution in [0.5, 0.6) is 0 Å². The summed E-state index contributed by atoms with van der Waals surface area (Å²) in [5.41, 5.74) is 22.2. The van der Waals surface area contributed by atoms with E-state index in [1.807, 2.05) is 0 Å². The predicted molar refractivity (Wildman–Crippen MR) is 239 cm³/mol. The molecule has 0 saturated heterocycles. The second-order valence-electron chi connectivity index (χ2n) is 15.7. The van der Waals surface area contributed by atoms with Crippen LogP contribution in [0.3, 0.4) is 0 Å². The topological polar surface area (TPSA) is 18.5 Å². The number of hydrogen-bond donors (Lipinski definition) is 1. The van der Waals surface area contributed by atoms with E-state index in [-0.39, 0.29) is 0 Å². The maximum atomic E-state index is 3.83. The van der Waals surface area contributed by atoms with Gasteiger partial charge in [-0.25, -0.2) is 0 Å². The van der Waals surface area contributed by atoms with E-state index in [1.165, 1.54) is 101 Å². The van der Waals surface area contributed by atoms with Crippen LogP contribution >= 0.6 is 0 Å². The van der Waals surface area contributed by atoms with Crippen LogP contribution in [0.1, 0.15) is 66.8 Å². The molecule has 0 fully saturated rings. The Kier molecular flexibility index (Phi) is 10.2. The van der Waals surface area contributed by atoms with Crippen molar-refractivity contribution >= 4 is 44.9 Å². The number of nitrogens with one attached hydrogen (secondary N) is 1. The molecule has 3 heteroatoms. The molecule has 0 aromatic heterocycles. The summed E-state index contributed by atoms with van der Waals surface area (Å²) < 4.78 is 0. The van der Waals surface area contributed by atoms with Crippen molar-refractivity contribution < 1.29 is 0 Å². The minimum absolute atomic E-state index is 1.11. The average Bonchev–Trinajstić information content (AvgIpc) is 3.13. The SMILES string of the molecule is Cc1cc(C)c(Nc2ccc([C+](c3ccc(N(C)c4c(C)cc(C)cc4C)cc3)c3ccc(N(C)c4c(C)cc(C)cc4C)cc3)c3ccccc23)c(C)c1. The molecular weight excluding hydrogens is 667 g/mol. The molecule has 0 spiro atoms. The van der Waals surface area contributed by atoms with Crippen molar-refractivity contribution in [2.24, 2.45) is 0 Å². The molecule has 0 aliphatic carbocycles. The fourth-order valence-electron chi connectivity index (χ4n) is 8.98. The van der Waals surface area contributed by atoms with Gasteiger partial charge in [0, 0.05) is 41.9 Å². The maximum absolute atomic E-state index is 3.83. The monoisotopic (exact) mass is 720 g/mol. The lowest BCUT2D eigenvalue weighted by Crippen LogP contribution is -2.14. The first kappa shape index (κ1) is 37.4. The number of benzene rings is 7. The van der Waals surface area contributed by atoms with Crippen LogP contribution in [0.4, 0.5) is 34.1 Å². The Morgan fingerprint density at radius 1 is 0.418 bits per heavy atom. The number of fused-ring (bicyclic) bond motifs is 1. The van der Waals surface area contributed by atoms with E-state index in [2.05, 4.69) is 213 Å². The van der Waals surface area contributed by atoms with E-state index >= 15 is 0 Å². The van der Waals surface area contributed by atoms with Crippen LogP contribution in [0.25, 0.3) is 10.8 Å². The van der Waals surface area contributed by atoms with Gasteiger partial charge in [-0.2, -0.15) is 0 Å². The first-order chi connectivity index (χ1) is 26.3. The number of nitrogens with zero attached hydrogens (tertiary/aromatic N) is 2. The van der Waals surface area contributed by atoms with Gasteiger partial charge in [-0.1, -0.05) is 65.2 Å². The zero-order valence-corrected chi connectivity index (χ0v) is 34.4. The maximum Gasteiger partial charge on any atom is 0.0638 e. The van der Waals surface area contributed by atoms with Gasteiger partial charge in [0.05, 0.1) is 39.7 Å². The van der Waals surface area contributed by atoms with Crippen molar-refractivity contribution in [1.29, 1.82) is 0 Å². The molecule has 0 bridgehead atoms. The second kappa shape index (κ2) is 15.1. The van der Waals surface area contributed by atoms with Crippen LogP contribution < -0.4 is 15.1 Å². The smallest absolute Gasteiger partial charge is 0.0638 e. The molecule has 0 aliphatic heterocycles. The van der Waals surface area contributed by atoms with Crippen LogP contribution in [-0.2, 0) is 0 Å². The van der Waals surface area contributed by atoms with Crippen molar-refractivity contribution in [3.8, 4) is 0 Å². The van der Waals surface area contributed by atoms with Gasteiger partial charge in [0.25, 0.3) is 0 Å². The molecule has 276 valence electrons. The molecule has 7 rings (SSSR count). The molecule has 7 aromatic carbocycles. The van der Waals surface area contributed by atoms with E-state index < -0.39 is 0 Å². The quantitative estimate of drug-likeness (QED) is 0.118. The van der Waals surface area contributed by atoms with Crippen LogP contribution in [-0.4, -0.2) is 14.1 Å². The third-order valence-electron chi connectivity index (χ3n) is 11.2. The minimum Gasteiger partial charge on any atom is -0.354 e. The van der Waals surface area contributed by atoms with E-state index in [0.717, 1.165) is 17.1 Å². The summed E-state index contributed by atoms with van der Waals surface area (Å²) in [7, 11) is 4.35. The standard InChI is InChI=1S/C52H54N3/c1-32-26-35(4)50(36(5)27-32)53-48-25-24-47(45-14-12-13-15-46(45)48)49(41-16-20-43(21-17-41)54(10)51-37(6)28-33(2)29-38(51)7)42-18-22-44(23-19-42)55(11)52-39(8)30-34(3)31-40(52)9/h12-31,53H,1-11H3/q+1. The molecule has 0 heterocycles. The lowest BCUT2D eigenvalue weighted by molar-refractivity contribution is 1.14. The van der Waals surface area contributed by atoms with E-state index in [9.17, 15) is 0 Å². The summed E-state index contributed by atoms with van der Waals surface area (Å²) in [6.07, 6.45) is 0. The number of aryl methyl sites for hydroxylation is 9. The van der Waals surface area contributed by atoms with Gasteiger partial charge < -0.3 is 15.1 Å². The molecule has 7 aromatic rings. The second-order valence-corrected chi connectivity index (χ2v) is 15.7. The third-order valence-corrected chi connectivity index (χ3v) is 11.2. The highest BCUT2D eigenvalue weighted by molar-refractivity contribution is 6.00. The van der Waals surface area contributed by atoms with E-state index in [0.29, 0.717) is 0 Å². The molecule has 0 saturated carbocycles. The molecular formula is C52H54N3+. The van der Waals surface area contributed by atoms with Gasteiger partial charge in [-0.05, 0) is 168 Å². The zero-order chi connectivity index (χ0) is 39.1. The highest BCUT2D eigenvalue weighted by Gasteiger charge is 2.27. The Hall–Kier alpha value is -5.93. The number of anilines is 6. The first-order valence-electron chi connectivity index (χ1n) is 19.4. The van der Waals surface area contributed by atoms with Crippen molar-refractivity contribution in [3.05, 3.63) is 194 Å². The van der Waals surface area contributed by atoms with Crippen LogP contribution in [0.15, 0.2) is 121 Å². The highest BCUT2D eigenvalue weighted by atomic mass is 15.1. The summed E-state index contributed by atoms with van der Waals surface area (Å²) in [6, 6.07) is 45.2. The highest BCUT2D eigenvalue weighted by Crippen LogP contribution is 2.41. The average molecular weight is 721 g/mol. The molecule has 0 aliphatic rings. The molecule has 0 radical (unpaired) electrons. The number of hydrogen-bond acceptors (Lipinski definition) is 3. The normalized spacial score (nSPS) is 11.2. The summed E-state index contributed by atoms with van der Waals surface area (Å²) in [4.78, 5) is 4.64. The lowest BCUT2D eigenvalue weighted by Gasteiger charge is -2.25. The lowest BCUT2D eigenvalue weighted by atomic mass is 9.82. The predicted octanol–water partition coefficient (Wildman–Crippen LogP) is 13.9. The van der Waals surface area contributed by atoms with Crippen LogP contribution in [0.2, 0.25) is 0 Å². The van der Waals surface area contributed by atoms with Crippen molar-refractivity contribution in [2.75, 3.05) is 29.2 Å². The molecule has 3 nitrogen and oxygen atoms in total. The molecule has 55 heavy (non-hydrogen) atoms. The Morgan fingerprint density at radius 3 is 1.22 bits per heavy atom. The third kappa shape index (κ3) is 7.32. The summed E-state index contributed by atoms with van der Waals surface area (Å²) >= 11 is 0. The van der Waals surface area contributed by atoms with Crippen molar-refractivity contribution in [1.82, 2.24) is 0 Å². The van der Waals surface area contributed by atoms with Gasteiger partial charge in [-0.3, -0.25) is 0 Å². The van der Waals surface area contributed by atoms with Gasteiger partial charge in [0.2, 0.25) is 0 Å². The van der Waals surface area contributed by atoms with Crippen molar-refractivity contribution in [3.63, 3.8) is 0 Å². The summed E-state index contributed by atoms with van der Waals surface area (Å²) in [5, 5.41) is 6.24. The fourth-order valence-corrected chi connectivity index (χ4v) is 8.98. The van der Waals surface area contributed by atoms with E-state index in [4.69, 9.17) is 0 Å². The Bertz CT molecular complexity index is 2350. The van der Waals surface area contributed by atoms with Gasteiger partial charge in [0.15, 0.2) is 0 Å². The minimum atomic E-state index is 1.11. The first-order valence-corrected chi connectivity index (χ1v) is 19.4.